The zero-order valence-corrected chi connectivity index (χ0v) is 15.5. The van der Waals surface area contributed by atoms with Crippen LogP contribution in [0.3, 0.4) is 0 Å². The van der Waals surface area contributed by atoms with Gasteiger partial charge in [0.1, 0.15) is 5.82 Å². The molecule has 0 saturated heterocycles. The Balaban J connectivity index is 1.66. The highest BCUT2D eigenvalue weighted by Gasteiger charge is 2.27. The minimum absolute atomic E-state index is 0.345. The third kappa shape index (κ3) is 3.10. The van der Waals surface area contributed by atoms with Gasteiger partial charge in [0.15, 0.2) is 0 Å². The van der Waals surface area contributed by atoms with Gasteiger partial charge in [-0.2, -0.15) is 4.98 Å². The van der Waals surface area contributed by atoms with Crippen molar-refractivity contribution < 1.29 is 0 Å². The van der Waals surface area contributed by atoms with Crippen molar-refractivity contribution in [1.29, 1.82) is 0 Å². The van der Waals surface area contributed by atoms with Crippen LogP contribution < -0.4 is 10.2 Å². The van der Waals surface area contributed by atoms with Gasteiger partial charge in [-0.15, -0.1) is 0 Å². The lowest BCUT2D eigenvalue weighted by atomic mass is 9.93. The highest BCUT2D eigenvalue weighted by atomic mass is 15.3. The molecular weight excluding hydrogens is 308 g/mol. The average Bonchev–Trinajstić information content (AvgIpc) is 3.12. The van der Waals surface area contributed by atoms with E-state index in [1.807, 2.05) is 0 Å². The second-order valence-corrected chi connectivity index (χ2v) is 7.53. The van der Waals surface area contributed by atoms with Gasteiger partial charge in [0.05, 0.1) is 6.04 Å². The van der Waals surface area contributed by atoms with Crippen LogP contribution >= 0.6 is 0 Å². The van der Waals surface area contributed by atoms with Crippen LogP contribution in [0.5, 0.6) is 0 Å². The SMILES string of the molecule is Cc1nc(NC2CCCC2)nc(N2CCc3ccccc3C2C)c1C. The second kappa shape index (κ2) is 6.66. The van der Waals surface area contributed by atoms with Crippen molar-refractivity contribution in [2.75, 3.05) is 16.8 Å². The van der Waals surface area contributed by atoms with Crippen molar-refractivity contribution >= 4 is 11.8 Å². The molecule has 1 saturated carbocycles. The van der Waals surface area contributed by atoms with E-state index >= 15 is 0 Å². The Morgan fingerprint density at radius 2 is 1.84 bits per heavy atom. The molecule has 0 radical (unpaired) electrons. The van der Waals surface area contributed by atoms with Gasteiger partial charge in [-0.3, -0.25) is 0 Å². The van der Waals surface area contributed by atoms with E-state index in [0.717, 1.165) is 30.4 Å². The van der Waals surface area contributed by atoms with E-state index in [2.05, 4.69) is 55.3 Å². The Bertz CT molecular complexity index is 764. The molecule has 4 nitrogen and oxygen atoms in total. The largest absolute Gasteiger partial charge is 0.351 e. The number of anilines is 2. The zero-order chi connectivity index (χ0) is 17.4. The molecule has 2 heterocycles. The monoisotopic (exact) mass is 336 g/mol. The Labute approximate surface area is 150 Å². The van der Waals surface area contributed by atoms with E-state index in [-0.39, 0.29) is 0 Å². The molecule has 0 amide bonds. The maximum absolute atomic E-state index is 4.95. The zero-order valence-electron chi connectivity index (χ0n) is 15.5. The first-order valence-corrected chi connectivity index (χ1v) is 9.59. The summed E-state index contributed by atoms with van der Waals surface area (Å²) < 4.78 is 0. The lowest BCUT2D eigenvalue weighted by Gasteiger charge is -2.37. The van der Waals surface area contributed by atoms with Crippen LogP contribution in [0, 0.1) is 13.8 Å². The van der Waals surface area contributed by atoms with E-state index in [9.17, 15) is 0 Å². The number of nitrogens with zero attached hydrogens (tertiary/aromatic N) is 3. The van der Waals surface area contributed by atoms with Gasteiger partial charge in [-0.05, 0) is 51.2 Å². The van der Waals surface area contributed by atoms with Crippen LogP contribution in [0.15, 0.2) is 24.3 Å². The number of fused-ring (bicyclic) bond motifs is 1. The predicted molar refractivity (Wildman–Crippen MR) is 103 cm³/mol. The Kier molecular flexibility index (Phi) is 4.36. The first-order valence-electron chi connectivity index (χ1n) is 9.59. The summed E-state index contributed by atoms with van der Waals surface area (Å²) in [7, 11) is 0. The molecule has 132 valence electrons. The molecule has 2 aliphatic rings. The molecule has 1 aliphatic heterocycles. The van der Waals surface area contributed by atoms with E-state index in [0.29, 0.717) is 12.1 Å². The molecule has 1 aromatic heterocycles. The Morgan fingerprint density at radius 3 is 2.64 bits per heavy atom. The summed E-state index contributed by atoms with van der Waals surface area (Å²) in [6, 6.07) is 9.68. The molecule has 1 atom stereocenters. The van der Waals surface area contributed by atoms with Crippen molar-refractivity contribution in [3.05, 3.63) is 46.6 Å². The van der Waals surface area contributed by atoms with Crippen LogP contribution in [0.1, 0.15) is 61.0 Å². The summed E-state index contributed by atoms with van der Waals surface area (Å²) >= 11 is 0. The number of benzene rings is 1. The maximum Gasteiger partial charge on any atom is 0.225 e. The summed E-state index contributed by atoms with van der Waals surface area (Å²) in [5.74, 6) is 1.89. The normalized spacial score (nSPS) is 20.6. The highest BCUT2D eigenvalue weighted by Crippen LogP contribution is 2.35. The van der Waals surface area contributed by atoms with Crippen LogP contribution in [0.2, 0.25) is 0 Å². The van der Waals surface area contributed by atoms with Crippen molar-refractivity contribution in [3.63, 3.8) is 0 Å². The van der Waals surface area contributed by atoms with Gasteiger partial charge in [0.25, 0.3) is 0 Å². The Hall–Kier alpha value is -2.10. The number of nitrogens with one attached hydrogen (secondary N) is 1. The number of hydrogen-bond donors (Lipinski definition) is 1. The highest BCUT2D eigenvalue weighted by molar-refractivity contribution is 5.55. The smallest absolute Gasteiger partial charge is 0.225 e. The second-order valence-electron chi connectivity index (χ2n) is 7.53. The maximum atomic E-state index is 4.95. The third-order valence-corrected chi connectivity index (χ3v) is 5.92. The molecule has 1 aliphatic carbocycles. The fraction of sp³-hybridized carbons (Fsp3) is 0.524. The first-order chi connectivity index (χ1) is 12.1. The molecule has 0 bridgehead atoms. The van der Waals surface area contributed by atoms with Crippen molar-refractivity contribution in [2.45, 2.75) is 65.0 Å². The molecule has 1 aromatic carbocycles. The van der Waals surface area contributed by atoms with E-state index in [1.165, 1.54) is 42.4 Å². The molecule has 25 heavy (non-hydrogen) atoms. The number of hydrogen-bond acceptors (Lipinski definition) is 4. The summed E-state index contributed by atoms with van der Waals surface area (Å²) in [5.41, 5.74) is 5.17. The molecule has 1 N–H and O–H groups in total. The Morgan fingerprint density at radius 1 is 1.08 bits per heavy atom. The average molecular weight is 336 g/mol. The molecule has 2 aromatic rings. The van der Waals surface area contributed by atoms with Gasteiger partial charge < -0.3 is 10.2 Å². The lowest BCUT2D eigenvalue weighted by molar-refractivity contribution is 0.613. The summed E-state index contributed by atoms with van der Waals surface area (Å²) in [6.45, 7) is 7.55. The van der Waals surface area contributed by atoms with Gasteiger partial charge in [0.2, 0.25) is 5.95 Å². The minimum atomic E-state index is 0.345. The number of aromatic nitrogens is 2. The van der Waals surface area contributed by atoms with Crippen molar-refractivity contribution in [3.8, 4) is 0 Å². The van der Waals surface area contributed by atoms with Crippen molar-refractivity contribution in [2.24, 2.45) is 0 Å². The van der Waals surface area contributed by atoms with Crippen LogP contribution in [-0.2, 0) is 6.42 Å². The van der Waals surface area contributed by atoms with Crippen LogP contribution in [0.25, 0.3) is 0 Å². The first kappa shape index (κ1) is 16.4. The molecule has 1 fully saturated rings. The lowest BCUT2D eigenvalue weighted by Crippen LogP contribution is -2.35. The molecule has 4 rings (SSSR count). The predicted octanol–water partition coefficient (Wildman–Crippen LogP) is 4.57. The fourth-order valence-electron chi connectivity index (χ4n) is 4.27. The van der Waals surface area contributed by atoms with Crippen molar-refractivity contribution in [1.82, 2.24) is 9.97 Å². The summed E-state index contributed by atoms with van der Waals surface area (Å²) in [6.07, 6.45) is 6.18. The van der Waals surface area contributed by atoms with Gasteiger partial charge in [0, 0.05) is 23.8 Å². The molecule has 1 unspecified atom stereocenters. The standard InChI is InChI=1S/C21H28N4/c1-14-15(2)22-21(23-18-9-5-6-10-18)24-20(14)25-13-12-17-8-4-7-11-19(17)16(25)3/h4,7-8,11,16,18H,5-6,9-10,12-13H2,1-3H3,(H,22,23,24). The van der Waals surface area contributed by atoms with E-state index in [1.54, 1.807) is 0 Å². The fourth-order valence-corrected chi connectivity index (χ4v) is 4.27. The molecular formula is C21H28N4. The summed E-state index contributed by atoms with van der Waals surface area (Å²) in [5, 5.41) is 3.57. The van der Waals surface area contributed by atoms with Gasteiger partial charge >= 0.3 is 0 Å². The van der Waals surface area contributed by atoms with Gasteiger partial charge in [-0.25, -0.2) is 4.98 Å². The van der Waals surface area contributed by atoms with E-state index < -0.39 is 0 Å². The number of rotatable bonds is 3. The van der Waals surface area contributed by atoms with Gasteiger partial charge in [-0.1, -0.05) is 37.1 Å². The molecule has 4 heteroatoms. The van der Waals surface area contributed by atoms with E-state index in [4.69, 9.17) is 9.97 Å². The third-order valence-electron chi connectivity index (χ3n) is 5.92. The quantitative estimate of drug-likeness (QED) is 0.891. The van der Waals surface area contributed by atoms with Crippen LogP contribution in [0.4, 0.5) is 11.8 Å². The molecule has 0 spiro atoms. The topological polar surface area (TPSA) is 41.1 Å². The number of aryl methyl sites for hydroxylation is 1. The minimum Gasteiger partial charge on any atom is -0.351 e. The summed E-state index contributed by atoms with van der Waals surface area (Å²) in [4.78, 5) is 12.1. The van der Waals surface area contributed by atoms with Crippen LogP contribution in [-0.4, -0.2) is 22.6 Å².